The summed E-state index contributed by atoms with van der Waals surface area (Å²) in [5.41, 5.74) is -0.451. The number of aryl methyl sites for hydroxylation is 1. The van der Waals surface area contributed by atoms with Crippen molar-refractivity contribution in [1.29, 1.82) is 0 Å². The highest BCUT2D eigenvalue weighted by Gasteiger charge is 2.20. The number of carboxylic acids is 1. The molecule has 0 amide bonds. The van der Waals surface area contributed by atoms with Gasteiger partial charge in [-0.05, 0) is 18.6 Å². The lowest BCUT2D eigenvalue weighted by molar-refractivity contribution is 0.0690. The summed E-state index contributed by atoms with van der Waals surface area (Å²) in [4.78, 5) is 12.9. The third kappa shape index (κ3) is 1.26. The number of carboxylic acid groups (broad SMARTS) is 1. The number of fused-ring (bicyclic) bond motifs is 1. The highest BCUT2D eigenvalue weighted by molar-refractivity contribution is 5.97. The van der Waals surface area contributed by atoms with Crippen LogP contribution in [-0.2, 0) is 0 Å². The Morgan fingerprint density at radius 1 is 1.31 bits per heavy atom. The topological polar surface area (TPSA) is 53.1 Å². The summed E-state index contributed by atoms with van der Waals surface area (Å²) < 4.78 is 39.1. The highest BCUT2D eigenvalue weighted by atomic mass is 19.2. The maximum atomic E-state index is 13.3. The maximum Gasteiger partial charge on any atom is 0.352 e. The molecule has 0 spiro atoms. The fraction of sp³-hybridized carbons (Fsp3) is 0.100. The number of hydrogen-bond acceptors (Lipinski definition) is 1. The molecule has 0 unspecified atom stereocenters. The van der Waals surface area contributed by atoms with E-state index in [9.17, 15) is 18.0 Å². The Morgan fingerprint density at radius 3 is 2.50 bits per heavy atom. The molecule has 0 aliphatic carbocycles. The second-order valence-corrected chi connectivity index (χ2v) is 3.34. The van der Waals surface area contributed by atoms with E-state index >= 15 is 0 Å². The van der Waals surface area contributed by atoms with Gasteiger partial charge < -0.3 is 10.1 Å². The molecule has 0 aliphatic rings. The second-order valence-electron chi connectivity index (χ2n) is 3.34. The molecule has 2 N–H and O–H groups in total. The van der Waals surface area contributed by atoms with E-state index in [0.29, 0.717) is 0 Å². The van der Waals surface area contributed by atoms with Gasteiger partial charge in [-0.25, -0.2) is 18.0 Å². The van der Waals surface area contributed by atoms with Crippen molar-refractivity contribution < 1.29 is 23.1 Å². The molecule has 1 aromatic heterocycles. The molecule has 0 radical (unpaired) electrons. The normalized spacial score (nSPS) is 11.0. The molecule has 0 bridgehead atoms. The maximum absolute atomic E-state index is 13.3. The van der Waals surface area contributed by atoms with Crippen LogP contribution in [0.1, 0.15) is 16.1 Å². The van der Waals surface area contributed by atoms with Crippen molar-refractivity contribution in [2.75, 3.05) is 0 Å². The van der Waals surface area contributed by atoms with E-state index in [1.165, 1.54) is 6.92 Å². The smallest absolute Gasteiger partial charge is 0.352 e. The van der Waals surface area contributed by atoms with Crippen molar-refractivity contribution in [3.63, 3.8) is 0 Å². The number of aromatic amines is 1. The quantitative estimate of drug-likeness (QED) is 0.738. The number of nitrogens with one attached hydrogen (secondary N) is 1. The molecule has 3 nitrogen and oxygen atoms in total. The van der Waals surface area contributed by atoms with E-state index in [0.717, 1.165) is 6.07 Å². The third-order valence-corrected chi connectivity index (χ3v) is 2.41. The van der Waals surface area contributed by atoms with Gasteiger partial charge in [0.25, 0.3) is 0 Å². The van der Waals surface area contributed by atoms with Crippen LogP contribution in [0.15, 0.2) is 6.07 Å². The van der Waals surface area contributed by atoms with Crippen molar-refractivity contribution in [3.05, 3.63) is 34.8 Å². The monoisotopic (exact) mass is 229 g/mol. The van der Waals surface area contributed by atoms with Crippen molar-refractivity contribution in [2.24, 2.45) is 0 Å². The summed E-state index contributed by atoms with van der Waals surface area (Å²) in [6.45, 7) is 1.39. The highest BCUT2D eigenvalue weighted by Crippen LogP contribution is 2.27. The summed E-state index contributed by atoms with van der Waals surface area (Å²) in [5, 5.41) is 8.78. The summed E-state index contributed by atoms with van der Waals surface area (Å²) in [6, 6.07) is 0.770. The van der Waals surface area contributed by atoms with Gasteiger partial charge in [-0.2, -0.15) is 0 Å². The van der Waals surface area contributed by atoms with Gasteiger partial charge in [-0.1, -0.05) is 0 Å². The predicted molar refractivity (Wildman–Crippen MR) is 49.9 cm³/mol. The second kappa shape index (κ2) is 3.26. The number of aromatic carboxylic acids is 1. The summed E-state index contributed by atoms with van der Waals surface area (Å²) in [6.07, 6.45) is 0. The minimum Gasteiger partial charge on any atom is -0.477 e. The first-order chi connectivity index (χ1) is 7.43. The average molecular weight is 229 g/mol. The Labute approximate surface area is 87.5 Å². The summed E-state index contributed by atoms with van der Waals surface area (Å²) in [7, 11) is 0. The molecule has 84 valence electrons. The lowest BCUT2D eigenvalue weighted by Gasteiger charge is -1.97. The molecule has 0 saturated heterocycles. The Kier molecular flexibility index (Phi) is 2.15. The SMILES string of the molecule is Cc1c(C(=O)O)[nH]c2c(F)c(F)c(F)cc12. The van der Waals surface area contributed by atoms with Crippen molar-refractivity contribution in [3.8, 4) is 0 Å². The fourth-order valence-electron chi connectivity index (χ4n) is 1.58. The van der Waals surface area contributed by atoms with Crippen molar-refractivity contribution in [2.45, 2.75) is 6.92 Å². The molecule has 16 heavy (non-hydrogen) atoms. The molecule has 0 saturated carbocycles. The zero-order valence-corrected chi connectivity index (χ0v) is 8.07. The molecule has 1 heterocycles. The van der Waals surface area contributed by atoms with Crippen LogP contribution in [0.5, 0.6) is 0 Å². The van der Waals surface area contributed by atoms with Gasteiger partial charge in [0.2, 0.25) is 0 Å². The van der Waals surface area contributed by atoms with E-state index in [1.54, 1.807) is 0 Å². The van der Waals surface area contributed by atoms with Crippen LogP contribution in [0.3, 0.4) is 0 Å². The van der Waals surface area contributed by atoms with Crippen LogP contribution in [0.25, 0.3) is 10.9 Å². The van der Waals surface area contributed by atoms with Crippen molar-refractivity contribution >= 4 is 16.9 Å². The Bertz CT molecular complexity index is 604. The van der Waals surface area contributed by atoms with E-state index in [1.807, 2.05) is 0 Å². The molecule has 0 fully saturated rings. The van der Waals surface area contributed by atoms with Gasteiger partial charge in [-0.3, -0.25) is 0 Å². The largest absolute Gasteiger partial charge is 0.477 e. The van der Waals surface area contributed by atoms with Crippen LogP contribution >= 0.6 is 0 Å². The number of benzene rings is 1. The number of halogens is 3. The first-order valence-electron chi connectivity index (χ1n) is 4.32. The minimum atomic E-state index is -1.62. The Hall–Kier alpha value is -1.98. The summed E-state index contributed by atoms with van der Waals surface area (Å²) >= 11 is 0. The third-order valence-electron chi connectivity index (χ3n) is 2.41. The Morgan fingerprint density at radius 2 is 1.94 bits per heavy atom. The molecule has 0 aliphatic heterocycles. The standard InChI is InChI=1S/C10H6F3NO2/c1-3-4-2-5(11)6(12)7(13)9(4)14-8(3)10(15)16/h2,14H,1H3,(H,15,16). The van der Waals surface area contributed by atoms with Crippen LogP contribution < -0.4 is 0 Å². The number of H-pyrrole nitrogens is 1. The number of aromatic nitrogens is 1. The van der Waals surface area contributed by atoms with Crippen molar-refractivity contribution in [1.82, 2.24) is 4.98 Å². The molecule has 0 atom stereocenters. The first-order valence-corrected chi connectivity index (χ1v) is 4.32. The minimum absolute atomic E-state index is 0.0220. The van der Waals surface area contributed by atoms with Gasteiger partial charge in [0.05, 0.1) is 5.52 Å². The average Bonchev–Trinajstić information content (AvgIpc) is 2.54. The fourth-order valence-corrected chi connectivity index (χ4v) is 1.58. The first kappa shape index (κ1) is 10.5. The number of carbonyl (C=O) groups is 1. The predicted octanol–water partition coefficient (Wildman–Crippen LogP) is 2.59. The zero-order valence-electron chi connectivity index (χ0n) is 8.07. The molecular weight excluding hydrogens is 223 g/mol. The molecular formula is C10H6F3NO2. The zero-order chi connectivity index (χ0) is 12.0. The van der Waals surface area contributed by atoms with Gasteiger partial charge in [0.1, 0.15) is 5.69 Å². The van der Waals surface area contributed by atoms with Gasteiger partial charge >= 0.3 is 5.97 Å². The Balaban J connectivity index is 2.92. The van der Waals surface area contributed by atoms with E-state index in [2.05, 4.69) is 4.98 Å². The van der Waals surface area contributed by atoms with E-state index in [4.69, 9.17) is 5.11 Å². The molecule has 2 rings (SSSR count). The van der Waals surface area contributed by atoms with E-state index in [-0.39, 0.29) is 22.2 Å². The van der Waals surface area contributed by atoms with Gasteiger partial charge in [0, 0.05) is 5.39 Å². The number of hydrogen-bond donors (Lipinski definition) is 2. The molecule has 2 aromatic rings. The number of rotatable bonds is 1. The molecule has 6 heteroatoms. The van der Waals surface area contributed by atoms with Crippen LogP contribution in [0, 0.1) is 24.4 Å². The lowest BCUT2D eigenvalue weighted by Crippen LogP contribution is -1.98. The van der Waals surface area contributed by atoms with Crippen LogP contribution in [0.4, 0.5) is 13.2 Å². The summed E-state index contributed by atoms with van der Waals surface area (Å²) in [5.74, 6) is -5.69. The van der Waals surface area contributed by atoms with Crippen LogP contribution in [0.2, 0.25) is 0 Å². The van der Waals surface area contributed by atoms with Crippen LogP contribution in [-0.4, -0.2) is 16.1 Å². The van der Waals surface area contributed by atoms with Gasteiger partial charge in [0.15, 0.2) is 17.5 Å². The molecule has 1 aromatic carbocycles. The lowest BCUT2D eigenvalue weighted by atomic mass is 10.1. The van der Waals surface area contributed by atoms with Gasteiger partial charge in [-0.15, -0.1) is 0 Å². The van der Waals surface area contributed by atoms with E-state index < -0.39 is 23.4 Å².